The maximum atomic E-state index is 11.2. The molecule has 2 aliphatic rings. The normalized spacial score (nSPS) is 28.6. The van der Waals surface area contributed by atoms with Crippen LogP contribution in [0.15, 0.2) is 0 Å². The van der Waals surface area contributed by atoms with E-state index in [1.807, 2.05) is 0 Å². The van der Waals surface area contributed by atoms with Crippen LogP contribution >= 0.6 is 0 Å². The fourth-order valence-electron chi connectivity index (χ4n) is 4.14. The van der Waals surface area contributed by atoms with Gasteiger partial charge in [0.05, 0.1) is 4.92 Å². The minimum atomic E-state index is -0.440. The molecule has 1 heterocycles. The van der Waals surface area contributed by atoms with E-state index in [1.165, 1.54) is 25.7 Å². The predicted octanol–water partition coefficient (Wildman–Crippen LogP) is 2.51. The Kier molecular flexibility index (Phi) is 3.43. The van der Waals surface area contributed by atoms with Crippen molar-refractivity contribution in [3.63, 3.8) is 0 Å². The monoisotopic (exact) mass is 291 g/mol. The molecular formula is C14H21N5O2. The van der Waals surface area contributed by atoms with E-state index in [9.17, 15) is 10.1 Å². The molecule has 2 fully saturated rings. The molecule has 1 aromatic rings. The van der Waals surface area contributed by atoms with Gasteiger partial charge >= 0.3 is 5.69 Å². The van der Waals surface area contributed by atoms with Crippen LogP contribution in [0.1, 0.15) is 38.3 Å². The van der Waals surface area contributed by atoms with Gasteiger partial charge in [-0.1, -0.05) is 6.42 Å². The van der Waals surface area contributed by atoms with Crippen molar-refractivity contribution in [2.45, 2.75) is 45.6 Å². The van der Waals surface area contributed by atoms with Gasteiger partial charge in [-0.2, -0.15) is 4.98 Å². The molecule has 3 N–H and O–H groups in total. The zero-order valence-corrected chi connectivity index (χ0v) is 12.4. The number of nitrogen functional groups attached to an aromatic ring is 1. The second kappa shape index (κ2) is 5.13. The molecule has 0 radical (unpaired) electrons. The summed E-state index contributed by atoms with van der Waals surface area (Å²) in [7, 11) is 0. The summed E-state index contributed by atoms with van der Waals surface area (Å²) in [6.07, 6.45) is 5.15. The first kappa shape index (κ1) is 14.0. The Hall–Kier alpha value is -1.92. The molecule has 0 spiro atoms. The SMILES string of the molecule is Cc1nc(N)nc(NC(C)C2CC3CCC2C3)c1[N+](=O)[O-]. The van der Waals surface area contributed by atoms with Crippen LogP contribution in [0.5, 0.6) is 0 Å². The maximum absolute atomic E-state index is 11.2. The Morgan fingerprint density at radius 3 is 2.71 bits per heavy atom. The lowest BCUT2D eigenvalue weighted by Crippen LogP contribution is -2.30. The minimum absolute atomic E-state index is 0.0701. The minimum Gasteiger partial charge on any atom is -0.368 e. The zero-order chi connectivity index (χ0) is 15.1. The summed E-state index contributed by atoms with van der Waals surface area (Å²) in [6.45, 7) is 3.67. The predicted molar refractivity (Wildman–Crippen MR) is 79.9 cm³/mol. The number of aryl methyl sites for hydroxylation is 1. The summed E-state index contributed by atoms with van der Waals surface area (Å²) >= 11 is 0. The molecule has 2 aliphatic carbocycles. The molecule has 7 heteroatoms. The molecule has 7 nitrogen and oxygen atoms in total. The van der Waals surface area contributed by atoms with Crippen molar-refractivity contribution < 1.29 is 4.92 Å². The van der Waals surface area contributed by atoms with Crippen LogP contribution in [-0.4, -0.2) is 20.9 Å². The van der Waals surface area contributed by atoms with Crippen LogP contribution in [0.3, 0.4) is 0 Å². The molecule has 114 valence electrons. The van der Waals surface area contributed by atoms with Crippen molar-refractivity contribution in [3.05, 3.63) is 15.8 Å². The van der Waals surface area contributed by atoms with Crippen LogP contribution in [-0.2, 0) is 0 Å². The van der Waals surface area contributed by atoms with E-state index in [0.717, 1.165) is 11.8 Å². The molecule has 0 aromatic carbocycles. The average molecular weight is 291 g/mol. The molecule has 4 unspecified atom stereocenters. The highest BCUT2D eigenvalue weighted by atomic mass is 16.6. The zero-order valence-electron chi connectivity index (χ0n) is 12.4. The first-order valence-electron chi connectivity index (χ1n) is 7.50. The van der Waals surface area contributed by atoms with E-state index in [1.54, 1.807) is 6.92 Å². The third-order valence-corrected chi connectivity index (χ3v) is 5.06. The van der Waals surface area contributed by atoms with Crippen LogP contribution in [0.25, 0.3) is 0 Å². The van der Waals surface area contributed by atoms with Gasteiger partial charge in [0.15, 0.2) is 0 Å². The molecule has 0 amide bonds. The average Bonchev–Trinajstić information content (AvgIpc) is 2.99. The standard InChI is InChI=1S/C14H21N5O2/c1-7(11-6-9-3-4-10(11)5-9)16-13-12(19(20)21)8(2)17-14(15)18-13/h7,9-11H,3-6H2,1-2H3,(H3,15,16,17,18). The third-order valence-electron chi connectivity index (χ3n) is 5.06. The lowest BCUT2D eigenvalue weighted by molar-refractivity contribution is -0.385. The van der Waals surface area contributed by atoms with Gasteiger partial charge in [0, 0.05) is 6.04 Å². The number of hydrogen-bond donors (Lipinski definition) is 2. The molecule has 0 aliphatic heterocycles. The molecular weight excluding hydrogens is 270 g/mol. The molecule has 0 saturated heterocycles. The van der Waals surface area contributed by atoms with Gasteiger partial charge in [-0.25, -0.2) is 4.98 Å². The molecule has 2 bridgehead atoms. The smallest absolute Gasteiger partial charge is 0.332 e. The first-order valence-corrected chi connectivity index (χ1v) is 7.50. The number of nitrogens with zero attached hydrogens (tertiary/aromatic N) is 3. The Labute approximate surface area is 123 Å². The molecule has 21 heavy (non-hydrogen) atoms. The van der Waals surface area contributed by atoms with Crippen molar-refractivity contribution in [1.82, 2.24) is 9.97 Å². The summed E-state index contributed by atoms with van der Waals surface area (Å²) in [5.74, 6) is 2.48. The third kappa shape index (κ3) is 2.52. The van der Waals surface area contributed by atoms with E-state index >= 15 is 0 Å². The lowest BCUT2D eigenvalue weighted by atomic mass is 9.84. The van der Waals surface area contributed by atoms with Gasteiger partial charge in [-0.05, 0) is 50.9 Å². The second-order valence-electron chi connectivity index (χ2n) is 6.39. The Balaban J connectivity index is 1.82. The lowest BCUT2D eigenvalue weighted by Gasteiger charge is -2.28. The molecule has 2 saturated carbocycles. The van der Waals surface area contributed by atoms with Crippen LogP contribution in [0, 0.1) is 34.8 Å². The first-order chi connectivity index (χ1) is 9.95. The maximum Gasteiger partial charge on any atom is 0.332 e. The Morgan fingerprint density at radius 2 is 2.14 bits per heavy atom. The topological polar surface area (TPSA) is 107 Å². The number of hydrogen-bond acceptors (Lipinski definition) is 6. The summed E-state index contributed by atoms with van der Waals surface area (Å²) in [4.78, 5) is 18.7. The fourth-order valence-corrected chi connectivity index (χ4v) is 4.14. The number of anilines is 2. The Bertz CT molecular complexity index is 577. The van der Waals surface area contributed by atoms with E-state index in [-0.39, 0.29) is 23.5 Å². The number of aromatic nitrogens is 2. The highest BCUT2D eigenvalue weighted by Gasteiger charge is 2.42. The van der Waals surface area contributed by atoms with Gasteiger partial charge in [0.1, 0.15) is 5.69 Å². The number of nitrogens with two attached hydrogens (primary N) is 1. The second-order valence-corrected chi connectivity index (χ2v) is 6.39. The Morgan fingerprint density at radius 1 is 1.38 bits per heavy atom. The van der Waals surface area contributed by atoms with E-state index in [0.29, 0.717) is 11.6 Å². The summed E-state index contributed by atoms with van der Waals surface area (Å²) in [5, 5.41) is 14.5. The van der Waals surface area contributed by atoms with Crippen LogP contribution in [0.4, 0.5) is 17.5 Å². The van der Waals surface area contributed by atoms with Gasteiger partial charge in [0.25, 0.3) is 0 Å². The molecule has 4 atom stereocenters. The van der Waals surface area contributed by atoms with Gasteiger partial charge in [-0.3, -0.25) is 10.1 Å². The summed E-state index contributed by atoms with van der Waals surface area (Å²) in [5.41, 5.74) is 5.86. The highest BCUT2D eigenvalue weighted by Crippen LogP contribution is 2.50. The largest absolute Gasteiger partial charge is 0.368 e. The molecule has 3 rings (SSSR count). The summed E-state index contributed by atoms with van der Waals surface area (Å²) in [6, 6.07) is 0.160. The van der Waals surface area contributed by atoms with Crippen molar-refractivity contribution >= 4 is 17.5 Å². The van der Waals surface area contributed by atoms with E-state index < -0.39 is 4.92 Å². The quantitative estimate of drug-likeness (QED) is 0.652. The van der Waals surface area contributed by atoms with Crippen molar-refractivity contribution in [2.24, 2.45) is 17.8 Å². The van der Waals surface area contributed by atoms with Gasteiger partial charge in [0.2, 0.25) is 11.8 Å². The number of nitro groups is 1. The van der Waals surface area contributed by atoms with Crippen molar-refractivity contribution in [2.75, 3.05) is 11.1 Å². The van der Waals surface area contributed by atoms with Gasteiger partial charge in [-0.15, -0.1) is 0 Å². The summed E-state index contributed by atoms with van der Waals surface area (Å²) < 4.78 is 0. The fraction of sp³-hybridized carbons (Fsp3) is 0.714. The number of fused-ring (bicyclic) bond motifs is 2. The van der Waals surface area contributed by atoms with Crippen molar-refractivity contribution in [1.29, 1.82) is 0 Å². The van der Waals surface area contributed by atoms with Gasteiger partial charge < -0.3 is 11.1 Å². The van der Waals surface area contributed by atoms with Crippen LogP contribution in [0.2, 0.25) is 0 Å². The number of rotatable bonds is 4. The number of nitrogens with one attached hydrogen (secondary N) is 1. The van der Waals surface area contributed by atoms with Crippen LogP contribution < -0.4 is 11.1 Å². The highest BCUT2D eigenvalue weighted by molar-refractivity contribution is 5.60. The van der Waals surface area contributed by atoms with Crippen molar-refractivity contribution in [3.8, 4) is 0 Å². The van der Waals surface area contributed by atoms with E-state index in [4.69, 9.17) is 5.73 Å². The molecule has 1 aromatic heterocycles. The van der Waals surface area contributed by atoms with E-state index in [2.05, 4.69) is 22.2 Å².